The van der Waals surface area contributed by atoms with Crippen LogP contribution < -0.4 is 5.32 Å². The first kappa shape index (κ1) is 11.2. The molecular weight excluding hydrogens is 174 g/mol. The van der Waals surface area contributed by atoms with E-state index in [2.05, 4.69) is 36.5 Å². The van der Waals surface area contributed by atoms with Crippen molar-refractivity contribution in [2.45, 2.75) is 18.9 Å². The van der Waals surface area contributed by atoms with Gasteiger partial charge in [0.1, 0.15) is 0 Å². The second-order valence-electron chi connectivity index (χ2n) is 3.55. The van der Waals surface area contributed by atoms with Crippen LogP contribution in [0.1, 0.15) is 18.4 Å². The molecule has 0 aliphatic heterocycles. The number of hydrogen-bond acceptors (Lipinski definition) is 2. The van der Waals surface area contributed by atoms with Crippen LogP contribution in [0.4, 0.5) is 0 Å². The van der Waals surface area contributed by atoms with E-state index in [1.165, 1.54) is 5.56 Å². The lowest BCUT2D eigenvalue weighted by Gasteiger charge is -2.23. The Morgan fingerprint density at radius 1 is 1.29 bits per heavy atom. The molecule has 0 saturated heterocycles. The van der Waals surface area contributed by atoms with Crippen LogP contribution in [-0.2, 0) is 4.74 Å². The second-order valence-corrected chi connectivity index (χ2v) is 3.55. The van der Waals surface area contributed by atoms with Gasteiger partial charge < -0.3 is 10.1 Å². The van der Waals surface area contributed by atoms with E-state index in [1.807, 2.05) is 13.1 Å². The van der Waals surface area contributed by atoms with Gasteiger partial charge in [0.2, 0.25) is 0 Å². The number of methoxy groups -OCH3 is 1. The van der Waals surface area contributed by atoms with Gasteiger partial charge in [-0.05, 0) is 18.5 Å². The molecule has 0 bridgehead atoms. The first-order valence-electron chi connectivity index (χ1n) is 5.00. The lowest BCUT2D eigenvalue weighted by molar-refractivity contribution is 0.160. The zero-order valence-corrected chi connectivity index (χ0v) is 9.16. The van der Waals surface area contributed by atoms with E-state index in [0.29, 0.717) is 12.0 Å². The summed E-state index contributed by atoms with van der Waals surface area (Å²) in [5.41, 5.74) is 1.35. The first-order valence-corrected chi connectivity index (χ1v) is 5.00. The fourth-order valence-corrected chi connectivity index (χ4v) is 1.65. The molecule has 0 aliphatic rings. The minimum Gasteiger partial charge on any atom is -0.383 e. The highest BCUT2D eigenvalue weighted by Crippen LogP contribution is 2.18. The number of rotatable bonds is 5. The van der Waals surface area contributed by atoms with Gasteiger partial charge in [-0.25, -0.2) is 0 Å². The van der Waals surface area contributed by atoms with E-state index in [0.717, 1.165) is 6.61 Å². The van der Waals surface area contributed by atoms with Gasteiger partial charge in [0.15, 0.2) is 0 Å². The molecule has 2 atom stereocenters. The smallest absolute Gasteiger partial charge is 0.0621 e. The van der Waals surface area contributed by atoms with E-state index >= 15 is 0 Å². The van der Waals surface area contributed by atoms with E-state index < -0.39 is 0 Å². The zero-order chi connectivity index (χ0) is 10.4. The molecule has 0 spiro atoms. The van der Waals surface area contributed by atoms with Crippen molar-refractivity contribution in [3.05, 3.63) is 35.9 Å². The molecule has 0 aliphatic carbocycles. The Labute approximate surface area is 86.3 Å². The van der Waals surface area contributed by atoms with E-state index in [4.69, 9.17) is 4.74 Å². The summed E-state index contributed by atoms with van der Waals surface area (Å²) >= 11 is 0. The van der Waals surface area contributed by atoms with Crippen molar-refractivity contribution in [2.75, 3.05) is 20.8 Å². The molecule has 0 saturated carbocycles. The Morgan fingerprint density at radius 3 is 2.43 bits per heavy atom. The van der Waals surface area contributed by atoms with Gasteiger partial charge in [0.05, 0.1) is 6.61 Å². The lowest BCUT2D eigenvalue weighted by Crippen LogP contribution is -2.34. The summed E-state index contributed by atoms with van der Waals surface area (Å²) in [5.74, 6) is 0.473. The quantitative estimate of drug-likeness (QED) is 0.772. The molecule has 1 aromatic rings. The van der Waals surface area contributed by atoms with Crippen LogP contribution in [0.3, 0.4) is 0 Å². The topological polar surface area (TPSA) is 21.3 Å². The fraction of sp³-hybridized carbons (Fsp3) is 0.500. The summed E-state index contributed by atoms with van der Waals surface area (Å²) in [4.78, 5) is 0. The number of likely N-dealkylation sites (N-methyl/N-ethyl adjacent to an activating group) is 1. The third-order valence-corrected chi connectivity index (χ3v) is 2.65. The third-order valence-electron chi connectivity index (χ3n) is 2.65. The van der Waals surface area contributed by atoms with Crippen LogP contribution in [0.2, 0.25) is 0 Å². The first-order chi connectivity index (χ1) is 6.79. The highest BCUT2D eigenvalue weighted by molar-refractivity contribution is 5.20. The van der Waals surface area contributed by atoms with Gasteiger partial charge in [-0.3, -0.25) is 0 Å². The average Bonchev–Trinajstić information content (AvgIpc) is 2.26. The van der Waals surface area contributed by atoms with E-state index in [1.54, 1.807) is 7.11 Å². The maximum Gasteiger partial charge on any atom is 0.0621 e. The summed E-state index contributed by atoms with van der Waals surface area (Å²) in [7, 11) is 3.71. The van der Waals surface area contributed by atoms with Gasteiger partial charge in [-0.2, -0.15) is 0 Å². The molecule has 2 heteroatoms. The number of benzene rings is 1. The predicted octanol–water partition coefficient (Wildman–Crippen LogP) is 2.02. The van der Waals surface area contributed by atoms with Crippen LogP contribution in [0, 0.1) is 0 Å². The van der Waals surface area contributed by atoms with E-state index in [9.17, 15) is 0 Å². The second kappa shape index (κ2) is 5.78. The highest BCUT2D eigenvalue weighted by atomic mass is 16.5. The van der Waals surface area contributed by atoms with Crippen LogP contribution in [0.5, 0.6) is 0 Å². The molecule has 0 fully saturated rings. The van der Waals surface area contributed by atoms with Gasteiger partial charge >= 0.3 is 0 Å². The van der Waals surface area contributed by atoms with Gasteiger partial charge in [0.25, 0.3) is 0 Å². The number of nitrogens with one attached hydrogen (secondary N) is 1. The maximum absolute atomic E-state index is 5.17. The molecule has 2 nitrogen and oxygen atoms in total. The van der Waals surface area contributed by atoms with Gasteiger partial charge in [0, 0.05) is 13.2 Å². The Hall–Kier alpha value is -0.860. The highest BCUT2D eigenvalue weighted by Gasteiger charge is 2.16. The van der Waals surface area contributed by atoms with Crippen molar-refractivity contribution in [1.82, 2.24) is 5.32 Å². The molecule has 0 amide bonds. The van der Waals surface area contributed by atoms with E-state index in [-0.39, 0.29) is 0 Å². The van der Waals surface area contributed by atoms with Gasteiger partial charge in [-0.15, -0.1) is 0 Å². The van der Waals surface area contributed by atoms with Crippen LogP contribution >= 0.6 is 0 Å². The summed E-state index contributed by atoms with van der Waals surface area (Å²) in [6, 6.07) is 10.9. The summed E-state index contributed by atoms with van der Waals surface area (Å²) in [6.07, 6.45) is 0. The molecule has 14 heavy (non-hydrogen) atoms. The molecule has 1 N–H and O–H groups in total. The third kappa shape index (κ3) is 2.82. The minimum atomic E-state index is 0.377. The average molecular weight is 193 g/mol. The van der Waals surface area contributed by atoms with Crippen molar-refractivity contribution < 1.29 is 4.74 Å². The lowest BCUT2D eigenvalue weighted by atomic mass is 9.94. The van der Waals surface area contributed by atoms with Crippen LogP contribution in [0.15, 0.2) is 30.3 Å². The van der Waals surface area contributed by atoms with Gasteiger partial charge in [-0.1, -0.05) is 37.3 Å². The zero-order valence-electron chi connectivity index (χ0n) is 9.16. The normalized spacial score (nSPS) is 15.1. The molecule has 1 rings (SSSR count). The van der Waals surface area contributed by atoms with Crippen molar-refractivity contribution in [2.24, 2.45) is 0 Å². The predicted molar refractivity (Wildman–Crippen MR) is 59.6 cm³/mol. The molecule has 78 valence electrons. The number of hydrogen-bond donors (Lipinski definition) is 1. The number of ether oxygens (including phenoxy) is 1. The minimum absolute atomic E-state index is 0.377. The van der Waals surface area contributed by atoms with Crippen LogP contribution in [0.25, 0.3) is 0 Å². The fourth-order valence-electron chi connectivity index (χ4n) is 1.65. The summed E-state index contributed by atoms with van der Waals surface area (Å²) < 4.78 is 5.17. The van der Waals surface area contributed by atoms with Crippen molar-refractivity contribution in [1.29, 1.82) is 0 Å². The molecule has 2 unspecified atom stereocenters. The summed E-state index contributed by atoms with van der Waals surface area (Å²) in [5, 5.41) is 3.28. The molecule has 1 aromatic carbocycles. The Morgan fingerprint density at radius 2 is 1.93 bits per heavy atom. The molecule has 0 heterocycles. The molecular formula is C12H19NO. The monoisotopic (exact) mass is 193 g/mol. The largest absolute Gasteiger partial charge is 0.383 e. The molecule has 0 aromatic heterocycles. The molecule has 0 radical (unpaired) electrons. The standard InChI is InChI=1S/C12H19NO/c1-10(12(13-2)9-14-3)11-7-5-4-6-8-11/h4-8,10,12-13H,9H2,1-3H3. The summed E-state index contributed by atoms with van der Waals surface area (Å²) in [6.45, 7) is 2.96. The SMILES string of the molecule is CNC(COC)C(C)c1ccccc1. The Kier molecular flexibility index (Phi) is 4.63. The Balaban J connectivity index is 2.67. The van der Waals surface area contributed by atoms with Crippen molar-refractivity contribution in [3.8, 4) is 0 Å². The Bertz CT molecular complexity index is 248. The van der Waals surface area contributed by atoms with Crippen molar-refractivity contribution >= 4 is 0 Å². The van der Waals surface area contributed by atoms with Crippen molar-refractivity contribution in [3.63, 3.8) is 0 Å². The van der Waals surface area contributed by atoms with Crippen LogP contribution in [-0.4, -0.2) is 26.8 Å². The maximum atomic E-state index is 5.17.